The molecule has 78 valence electrons. The van der Waals surface area contributed by atoms with E-state index in [1.165, 1.54) is 16.7 Å². The van der Waals surface area contributed by atoms with Crippen LogP contribution < -0.4 is 10.5 Å². The van der Waals surface area contributed by atoms with Crippen molar-refractivity contribution in [3.05, 3.63) is 28.8 Å². The van der Waals surface area contributed by atoms with E-state index in [0.717, 1.165) is 5.75 Å². The third-order valence-electron chi connectivity index (χ3n) is 2.25. The highest BCUT2D eigenvalue weighted by atomic mass is 16.5. The predicted octanol–water partition coefficient (Wildman–Crippen LogP) is 2.55. The van der Waals surface area contributed by atoms with Crippen LogP contribution in [0.25, 0.3) is 0 Å². The maximum Gasteiger partial charge on any atom is 0.120 e. The first-order valence-electron chi connectivity index (χ1n) is 5.01. The average Bonchev–Trinajstić information content (AvgIpc) is 2.01. The molecule has 2 N–H and O–H groups in total. The summed E-state index contributed by atoms with van der Waals surface area (Å²) in [6.45, 7) is 8.80. The normalized spacial score (nSPS) is 10.7. The lowest BCUT2D eigenvalue weighted by atomic mass is 10.0. The zero-order valence-electron chi connectivity index (χ0n) is 9.42. The number of benzene rings is 1. The monoisotopic (exact) mass is 193 g/mol. The lowest BCUT2D eigenvalue weighted by Crippen LogP contribution is -2.08. The molecule has 0 atom stereocenters. The standard InChI is InChI=1S/C12H19NO/c1-8(2)14-11-5-9(3)12(7-13)10(4)6-11/h5-6,8H,7,13H2,1-4H3. The van der Waals surface area contributed by atoms with Gasteiger partial charge in [-0.2, -0.15) is 0 Å². The van der Waals surface area contributed by atoms with Gasteiger partial charge in [-0.1, -0.05) is 0 Å². The Bertz CT molecular complexity index is 295. The summed E-state index contributed by atoms with van der Waals surface area (Å²) in [6.07, 6.45) is 0.220. The van der Waals surface area contributed by atoms with Crippen LogP contribution in [0.5, 0.6) is 5.75 Å². The van der Waals surface area contributed by atoms with Gasteiger partial charge in [0.15, 0.2) is 0 Å². The van der Waals surface area contributed by atoms with Gasteiger partial charge in [-0.25, -0.2) is 0 Å². The third-order valence-corrected chi connectivity index (χ3v) is 2.25. The molecule has 0 saturated heterocycles. The topological polar surface area (TPSA) is 35.2 Å². The highest BCUT2D eigenvalue weighted by molar-refractivity contribution is 5.41. The van der Waals surface area contributed by atoms with E-state index < -0.39 is 0 Å². The molecule has 0 unspecified atom stereocenters. The quantitative estimate of drug-likeness (QED) is 0.800. The second-order valence-electron chi connectivity index (χ2n) is 3.91. The van der Waals surface area contributed by atoms with Crippen LogP contribution in [0, 0.1) is 13.8 Å². The number of hydrogen-bond donors (Lipinski definition) is 1. The van der Waals surface area contributed by atoms with Crippen LogP contribution in [-0.4, -0.2) is 6.10 Å². The van der Waals surface area contributed by atoms with Crippen molar-refractivity contribution in [3.8, 4) is 5.75 Å². The molecule has 0 saturated carbocycles. The number of rotatable bonds is 3. The van der Waals surface area contributed by atoms with E-state index in [2.05, 4.69) is 26.0 Å². The van der Waals surface area contributed by atoms with Crippen LogP contribution in [-0.2, 0) is 6.54 Å². The Labute approximate surface area is 86.1 Å². The molecule has 0 aliphatic carbocycles. The molecular weight excluding hydrogens is 174 g/mol. The largest absolute Gasteiger partial charge is 0.491 e. The minimum atomic E-state index is 0.220. The van der Waals surface area contributed by atoms with E-state index in [9.17, 15) is 0 Å². The van der Waals surface area contributed by atoms with E-state index in [-0.39, 0.29) is 6.10 Å². The van der Waals surface area contributed by atoms with E-state index in [1.807, 2.05) is 13.8 Å². The summed E-state index contributed by atoms with van der Waals surface area (Å²) in [7, 11) is 0. The molecule has 1 aromatic carbocycles. The zero-order valence-corrected chi connectivity index (χ0v) is 9.42. The molecule has 0 bridgehead atoms. The Hall–Kier alpha value is -1.02. The van der Waals surface area contributed by atoms with Gasteiger partial charge < -0.3 is 10.5 Å². The second kappa shape index (κ2) is 4.47. The van der Waals surface area contributed by atoms with Crippen molar-refractivity contribution < 1.29 is 4.74 Å². The van der Waals surface area contributed by atoms with Crippen LogP contribution >= 0.6 is 0 Å². The molecule has 0 aliphatic rings. The highest BCUT2D eigenvalue weighted by Gasteiger charge is 2.05. The van der Waals surface area contributed by atoms with E-state index in [0.29, 0.717) is 6.54 Å². The Morgan fingerprint density at radius 3 is 2.07 bits per heavy atom. The first kappa shape index (κ1) is 11.1. The van der Waals surface area contributed by atoms with Crippen LogP contribution in [0.3, 0.4) is 0 Å². The molecule has 0 fully saturated rings. The van der Waals surface area contributed by atoms with Crippen molar-refractivity contribution in [1.29, 1.82) is 0 Å². The molecular formula is C12H19NO. The van der Waals surface area contributed by atoms with Gasteiger partial charge in [-0.05, 0) is 56.5 Å². The van der Waals surface area contributed by atoms with Gasteiger partial charge >= 0.3 is 0 Å². The predicted molar refractivity (Wildman–Crippen MR) is 59.6 cm³/mol. The minimum Gasteiger partial charge on any atom is -0.491 e. The molecule has 2 nitrogen and oxygen atoms in total. The molecule has 0 spiro atoms. The zero-order chi connectivity index (χ0) is 10.7. The Morgan fingerprint density at radius 1 is 1.21 bits per heavy atom. The minimum absolute atomic E-state index is 0.220. The van der Waals surface area contributed by atoms with Crippen molar-refractivity contribution in [2.45, 2.75) is 40.3 Å². The average molecular weight is 193 g/mol. The molecule has 2 heteroatoms. The summed E-state index contributed by atoms with van der Waals surface area (Å²) >= 11 is 0. The van der Waals surface area contributed by atoms with Gasteiger partial charge in [0.05, 0.1) is 6.10 Å². The fourth-order valence-corrected chi connectivity index (χ4v) is 1.62. The first-order chi connectivity index (χ1) is 6.54. The molecule has 0 aromatic heterocycles. The summed E-state index contributed by atoms with van der Waals surface area (Å²) in [4.78, 5) is 0. The Kier molecular flexibility index (Phi) is 3.53. The van der Waals surface area contributed by atoms with Crippen molar-refractivity contribution in [1.82, 2.24) is 0 Å². The summed E-state index contributed by atoms with van der Waals surface area (Å²) in [5.74, 6) is 0.937. The Morgan fingerprint density at radius 2 is 1.71 bits per heavy atom. The van der Waals surface area contributed by atoms with Crippen LogP contribution in [0.4, 0.5) is 0 Å². The molecule has 0 heterocycles. The van der Waals surface area contributed by atoms with Gasteiger partial charge in [0.2, 0.25) is 0 Å². The maximum atomic E-state index is 5.66. The van der Waals surface area contributed by atoms with Gasteiger partial charge in [-0.15, -0.1) is 0 Å². The number of aryl methyl sites for hydroxylation is 2. The fraction of sp³-hybridized carbons (Fsp3) is 0.500. The van der Waals surface area contributed by atoms with Gasteiger partial charge in [0.1, 0.15) is 5.75 Å². The SMILES string of the molecule is Cc1cc(OC(C)C)cc(C)c1CN. The molecule has 0 amide bonds. The summed E-state index contributed by atoms with van der Waals surface area (Å²) in [5, 5.41) is 0. The number of hydrogen-bond acceptors (Lipinski definition) is 2. The summed E-state index contributed by atoms with van der Waals surface area (Å²) < 4.78 is 5.63. The van der Waals surface area contributed by atoms with E-state index in [4.69, 9.17) is 10.5 Å². The van der Waals surface area contributed by atoms with Crippen LogP contribution in [0.15, 0.2) is 12.1 Å². The summed E-state index contributed by atoms with van der Waals surface area (Å²) in [5.41, 5.74) is 9.31. The fourth-order valence-electron chi connectivity index (χ4n) is 1.62. The number of ether oxygens (including phenoxy) is 1. The first-order valence-corrected chi connectivity index (χ1v) is 5.01. The van der Waals surface area contributed by atoms with Crippen molar-refractivity contribution >= 4 is 0 Å². The summed E-state index contributed by atoms with van der Waals surface area (Å²) in [6, 6.07) is 4.10. The van der Waals surface area contributed by atoms with E-state index >= 15 is 0 Å². The van der Waals surface area contributed by atoms with Crippen LogP contribution in [0.2, 0.25) is 0 Å². The molecule has 0 aliphatic heterocycles. The lowest BCUT2D eigenvalue weighted by Gasteiger charge is -2.14. The molecule has 14 heavy (non-hydrogen) atoms. The van der Waals surface area contributed by atoms with E-state index in [1.54, 1.807) is 0 Å². The van der Waals surface area contributed by atoms with Gasteiger partial charge in [-0.3, -0.25) is 0 Å². The van der Waals surface area contributed by atoms with Gasteiger partial charge in [0.25, 0.3) is 0 Å². The van der Waals surface area contributed by atoms with Gasteiger partial charge in [0, 0.05) is 6.54 Å². The van der Waals surface area contributed by atoms with Crippen molar-refractivity contribution in [3.63, 3.8) is 0 Å². The van der Waals surface area contributed by atoms with Crippen molar-refractivity contribution in [2.24, 2.45) is 5.73 Å². The molecule has 1 aromatic rings. The lowest BCUT2D eigenvalue weighted by molar-refractivity contribution is 0.242. The molecule has 0 radical (unpaired) electrons. The third kappa shape index (κ3) is 2.48. The van der Waals surface area contributed by atoms with Crippen LogP contribution in [0.1, 0.15) is 30.5 Å². The molecule has 1 rings (SSSR count). The highest BCUT2D eigenvalue weighted by Crippen LogP contribution is 2.22. The second-order valence-corrected chi connectivity index (χ2v) is 3.91. The smallest absolute Gasteiger partial charge is 0.120 e. The maximum absolute atomic E-state index is 5.66. The number of nitrogens with two attached hydrogens (primary N) is 1. The van der Waals surface area contributed by atoms with Crippen molar-refractivity contribution in [2.75, 3.05) is 0 Å². The Balaban J connectivity index is 3.01.